The maximum absolute atomic E-state index is 13.0. The Kier molecular flexibility index (Phi) is 6.20. The molecule has 3 rings (SSSR count). The minimum absolute atomic E-state index is 0.0158. The van der Waals surface area contributed by atoms with Crippen molar-refractivity contribution in [3.8, 4) is 5.75 Å². The number of ether oxygens (including phenoxy) is 1. The zero-order valence-corrected chi connectivity index (χ0v) is 18.8. The molecule has 1 aliphatic heterocycles. The van der Waals surface area contributed by atoms with Gasteiger partial charge in [-0.3, -0.25) is 14.5 Å². The van der Waals surface area contributed by atoms with E-state index in [0.29, 0.717) is 18.4 Å². The van der Waals surface area contributed by atoms with Crippen LogP contribution in [0.2, 0.25) is 0 Å². The maximum Gasteiger partial charge on any atom is 0.325 e. The topological polar surface area (TPSA) is 75.7 Å². The minimum atomic E-state index is -1.03. The first-order chi connectivity index (χ1) is 14.5. The molecule has 1 aliphatic rings. The molecule has 2 aromatic rings. The maximum atomic E-state index is 13.0. The van der Waals surface area contributed by atoms with Crippen LogP contribution in [0.15, 0.2) is 48.5 Å². The number of urea groups is 1. The number of hydrogen-bond acceptors (Lipinski definition) is 4. The van der Waals surface area contributed by atoms with E-state index in [1.54, 1.807) is 26.2 Å². The van der Waals surface area contributed by atoms with Gasteiger partial charge in [-0.1, -0.05) is 57.2 Å². The summed E-state index contributed by atoms with van der Waals surface area (Å²) >= 11 is 0. The van der Waals surface area contributed by atoms with Crippen molar-refractivity contribution in [3.05, 3.63) is 65.2 Å². The average Bonchev–Trinajstić information content (AvgIpc) is 2.95. The summed E-state index contributed by atoms with van der Waals surface area (Å²) in [7, 11) is 1.61. The minimum Gasteiger partial charge on any atom is -0.497 e. The molecule has 3 amide bonds. The molecule has 0 spiro atoms. The van der Waals surface area contributed by atoms with Crippen molar-refractivity contribution in [1.29, 1.82) is 0 Å². The molecule has 0 aromatic heterocycles. The molecule has 1 fully saturated rings. The van der Waals surface area contributed by atoms with Crippen LogP contribution in [0.3, 0.4) is 0 Å². The van der Waals surface area contributed by atoms with E-state index < -0.39 is 11.6 Å². The second-order valence-electron chi connectivity index (χ2n) is 9.25. The Morgan fingerprint density at radius 2 is 1.65 bits per heavy atom. The van der Waals surface area contributed by atoms with E-state index >= 15 is 0 Å². The third-order valence-corrected chi connectivity index (χ3v) is 5.79. The van der Waals surface area contributed by atoms with E-state index in [1.807, 2.05) is 36.4 Å². The molecule has 1 N–H and O–H groups in total. The summed E-state index contributed by atoms with van der Waals surface area (Å²) in [5.41, 5.74) is 1.59. The lowest BCUT2D eigenvalue weighted by molar-refractivity contribution is -0.130. The number of imide groups is 1. The van der Waals surface area contributed by atoms with Crippen molar-refractivity contribution >= 4 is 17.7 Å². The molecule has 0 saturated carbocycles. The molecular formula is C25H30N2O4. The van der Waals surface area contributed by atoms with Gasteiger partial charge in [0.25, 0.3) is 5.91 Å². The number of benzene rings is 2. The highest BCUT2D eigenvalue weighted by atomic mass is 16.5. The van der Waals surface area contributed by atoms with E-state index in [0.717, 1.165) is 21.8 Å². The van der Waals surface area contributed by atoms with Gasteiger partial charge in [-0.25, -0.2) is 4.79 Å². The number of hydrogen-bond donors (Lipinski definition) is 1. The molecule has 0 unspecified atom stereocenters. The Morgan fingerprint density at radius 3 is 2.19 bits per heavy atom. The Bertz CT molecular complexity index is 974. The molecule has 0 aliphatic carbocycles. The predicted octanol–water partition coefficient (Wildman–Crippen LogP) is 4.12. The van der Waals surface area contributed by atoms with E-state index in [-0.39, 0.29) is 23.7 Å². The van der Waals surface area contributed by atoms with Crippen LogP contribution >= 0.6 is 0 Å². The molecular weight excluding hydrogens is 392 g/mol. The zero-order valence-electron chi connectivity index (χ0n) is 18.8. The van der Waals surface area contributed by atoms with Crippen molar-refractivity contribution < 1.29 is 19.1 Å². The first-order valence-corrected chi connectivity index (χ1v) is 10.4. The standard InChI is InChI=1S/C25H30N2O4/c1-24(2,3)19-10-8-18(9-11-19)21(28)16-27-22(29)25(4,26-23(27)30)15-14-17-6-12-20(31-5)13-7-17/h6-13H,14-16H2,1-5H3,(H,26,30)/t25-/m0/s1. The third kappa shape index (κ3) is 4.95. The molecule has 6 nitrogen and oxygen atoms in total. The second kappa shape index (κ2) is 8.53. The van der Waals surface area contributed by atoms with Gasteiger partial charge in [0.2, 0.25) is 0 Å². The molecule has 1 heterocycles. The Morgan fingerprint density at radius 1 is 1.03 bits per heavy atom. The molecule has 0 bridgehead atoms. The van der Waals surface area contributed by atoms with Crippen molar-refractivity contribution in [2.24, 2.45) is 0 Å². The number of nitrogens with one attached hydrogen (secondary N) is 1. The van der Waals surface area contributed by atoms with Crippen LogP contribution < -0.4 is 10.1 Å². The molecule has 0 radical (unpaired) electrons. The summed E-state index contributed by atoms with van der Waals surface area (Å²) in [4.78, 5) is 39.2. The quantitative estimate of drug-likeness (QED) is 0.538. The number of Topliss-reactive ketones (excluding diaryl/α,β-unsaturated/α-hetero) is 1. The normalized spacial score (nSPS) is 18.8. The van der Waals surface area contributed by atoms with Crippen molar-refractivity contribution in [3.63, 3.8) is 0 Å². The molecule has 2 aromatic carbocycles. The highest BCUT2D eigenvalue weighted by Gasteiger charge is 2.47. The molecule has 164 valence electrons. The van der Waals surface area contributed by atoms with E-state index in [1.165, 1.54) is 0 Å². The number of amides is 3. The number of rotatable bonds is 7. The van der Waals surface area contributed by atoms with Gasteiger partial charge in [0.05, 0.1) is 13.7 Å². The number of carbonyl (C=O) groups excluding carboxylic acids is 3. The van der Waals surface area contributed by atoms with Crippen molar-refractivity contribution in [1.82, 2.24) is 10.2 Å². The SMILES string of the molecule is COc1ccc(CC[C@]2(C)NC(=O)N(CC(=O)c3ccc(C(C)(C)C)cc3)C2=O)cc1. The monoisotopic (exact) mass is 422 g/mol. The van der Waals surface area contributed by atoms with Gasteiger partial charge in [0.1, 0.15) is 11.3 Å². The highest BCUT2D eigenvalue weighted by molar-refractivity contribution is 6.11. The zero-order chi connectivity index (χ0) is 22.8. The molecule has 1 saturated heterocycles. The van der Waals surface area contributed by atoms with Gasteiger partial charge in [0, 0.05) is 5.56 Å². The van der Waals surface area contributed by atoms with Crippen LogP contribution in [0, 0.1) is 0 Å². The van der Waals surface area contributed by atoms with Gasteiger partial charge >= 0.3 is 6.03 Å². The van der Waals surface area contributed by atoms with E-state index in [9.17, 15) is 14.4 Å². The van der Waals surface area contributed by atoms with Gasteiger partial charge in [-0.2, -0.15) is 0 Å². The number of aryl methyl sites for hydroxylation is 1. The molecule has 1 atom stereocenters. The van der Waals surface area contributed by atoms with Crippen LogP contribution in [0.25, 0.3) is 0 Å². The van der Waals surface area contributed by atoms with Crippen LogP contribution in [0.4, 0.5) is 4.79 Å². The number of ketones is 1. The highest BCUT2D eigenvalue weighted by Crippen LogP contribution is 2.25. The van der Waals surface area contributed by atoms with Gasteiger partial charge in [-0.05, 0) is 48.4 Å². The summed E-state index contributed by atoms with van der Waals surface area (Å²) in [6.45, 7) is 7.74. The Hall–Kier alpha value is -3.15. The summed E-state index contributed by atoms with van der Waals surface area (Å²) < 4.78 is 5.16. The Balaban J connectivity index is 1.65. The summed E-state index contributed by atoms with van der Waals surface area (Å²) in [5, 5.41) is 2.77. The summed E-state index contributed by atoms with van der Waals surface area (Å²) in [5.74, 6) is 0.134. The first kappa shape index (κ1) is 22.5. The fraction of sp³-hybridized carbons (Fsp3) is 0.400. The lowest BCUT2D eigenvalue weighted by atomic mass is 9.86. The molecule has 31 heavy (non-hydrogen) atoms. The lowest BCUT2D eigenvalue weighted by Crippen LogP contribution is -2.44. The fourth-order valence-electron chi connectivity index (χ4n) is 3.64. The van der Waals surface area contributed by atoms with Crippen LogP contribution in [0.5, 0.6) is 5.75 Å². The number of nitrogens with zero attached hydrogens (tertiary/aromatic N) is 1. The van der Waals surface area contributed by atoms with Crippen molar-refractivity contribution in [2.45, 2.75) is 51.5 Å². The van der Waals surface area contributed by atoms with Crippen molar-refractivity contribution in [2.75, 3.05) is 13.7 Å². The lowest BCUT2D eigenvalue weighted by Gasteiger charge is -2.21. The van der Waals surface area contributed by atoms with Gasteiger partial charge in [-0.15, -0.1) is 0 Å². The second-order valence-corrected chi connectivity index (χ2v) is 9.25. The van der Waals surface area contributed by atoms with Crippen LogP contribution in [-0.4, -0.2) is 41.8 Å². The predicted molar refractivity (Wildman–Crippen MR) is 119 cm³/mol. The van der Waals surface area contributed by atoms with E-state index in [2.05, 4.69) is 26.1 Å². The van der Waals surface area contributed by atoms with Gasteiger partial charge < -0.3 is 10.1 Å². The van der Waals surface area contributed by atoms with E-state index in [4.69, 9.17) is 4.74 Å². The number of methoxy groups -OCH3 is 1. The fourth-order valence-corrected chi connectivity index (χ4v) is 3.64. The molecule has 6 heteroatoms. The number of carbonyl (C=O) groups is 3. The summed E-state index contributed by atoms with van der Waals surface area (Å²) in [6, 6.07) is 14.4. The van der Waals surface area contributed by atoms with Crippen LogP contribution in [0.1, 0.15) is 55.6 Å². The van der Waals surface area contributed by atoms with Gasteiger partial charge in [0.15, 0.2) is 5.78 Å². The Labute approximate surface area is 183 Å². The van der Waals surface area contributed by atoms with Crippen LogP contribution in [-0.2, 0) is 16.6 Å². The third-order valence-electron chi connectivity index (χ3n) is 5.79. The average molecular weight is 423 g/mol. The first-order valence-electron chi connectivity index (χ1n) is 10.4. The summed E-state index contributed by atoms with van der Waals surface area (Å²) in [6.07, 6.45) is 1.05. The largest absolute Gasteiger partial charge is 0.497 e. The smallest absolute Gasteiger partial charge is 0.325 e.